The summed E-state index contributed by atoms with van der Waals surface area (Å²) < 4.78 is 24.8. The first-order valence-corrected chi connectivity index (χ1v) is 10.2. The number of ether oxygens (including phenoxy) is 2. The van der Waals surface area contributed by atoms with Crippen LogP contribution in [0.2, 0.25) is 0 Å². The Hall–Kier alpha value is -2.52. The smallest absolute Gasteiger partial charge is 0.292 e. The number of benzene rings is 1. The average Bonchev–Trinajstić information content (AvgIpc) is 3.51. The van der Waals surface area contributed by atoms with Gasteiger partial charge in [-0.05, 0) is 37.1 Å². The van der Waals surface area contributed by atoms with Crippen molar-refractivity contribution >= 4 is 10.8 Å². The minimum atomic E-state index is -1.09. The van der Waals surface area contributed by atoms with Crippen molar-refractivity contribution < 1.29 is 13.7 Å². The summed E-state index contributed by atoms with van der Waals surface area (Å²) in [6.07, 6.45) is 4.07. The van der Waals surface area contributed by atoms with Gasteiger partial charge in [0.05, 0.1) is 17.9 Å². The molecule has 0 amide bonds. The Balaban J connectivity index is 2.01. The van der Waals surface area contributed by atoms with Gasteiger partial charge in [0.25, 0.3) is 5.56 Å². The monoisotopic (exact) mass is 385 g/mol. The molecule has 0 saturated heterocycles. The van der Waals surface area contributed by atoms with Crippen molar-refractivity contribution in [2.24, 2.45) is 13.0 Å². The van der Waals surface area contributed by atoms with Gasteiger partial charge in [0.2, 0.25) is 0 Å². The van der Waals surface area contributed by atoms with Crippen molar-refractivity contribution in [3.63, 3.8) is 0 Å². The van der Waals surface area contributed by atoms with E-state index in [1.807, 2.05) is 25.1 Å². The summed E-state index contributed by atoms with van der Waals surface area (Å²) in [5, 5.41) is 0. The van der Waals surface area contributed by atoms with Crippen LogP contribution in [-0.4, -0.2) is 28.2 Å². The normalized spacial score (nSPS) is 14.2. The Morgan fingerprint density at radius 3 is 2.70 bits per heavy atom. The molecule has 1 aromatic heterocycles. The van der Waals surface area contributed by atoms with Crippen LogP contribution < -0.4 is 15.0 Å². The number of pyridine rings is 1. The molecule has 1 aromatic carbocycles. The fourth-order valence-corrected chi connectivity index (χ4v) is 3.47. The van der Waals surface area contributed by atoms with Crippen LogP contribution in [0.25, 0.3) is 11.1 Å². The van der Waals surface area contributed by atoms with E-state index >= 15 is 0 Å². The van der Waals surface area contributed by atoms with Crippen molar-refractivity contribution in [1.29, 1.82) is 0 Å². The predicted octanol–water partition coefficient (Wildman–Crippen LogP) is 2.98. The summed E-state index contributed by atoms with van der Waals surface area (Å²) >= 11 is 0. The predicted molar refractivity (Wildman–Crippen MR) is 107 cm³/mol. The molecule has 1 heterocycles. The van der Waals surface area contributed by atoms with E-state index in [1.54, 1.807) is 19.3 Å². The maximum absolute atomic E-state index is 12.3. The molecule has 1 unspecified atom stereocenters. The summed E-state index contributed by atoms with van der Waals surface area (Å²) in [7, 11) is 2.05. The van der Waals surface area contributed by atoms with Gasteiger partial charge in [-0.15, -0.1) is 0 Å². The number of nitrogens with zero attached hydrogens (tertiary/aromatic N) is 1. The van der Waals surface area contributed by atoms with Crippen molar-refractivity contribution in [1.82, 2.24) is 4.57 Å². The van der Waals surface area contributed by atoms with E-state index < -0.39 is 10.8 Å². The van der Waals surface area contributed by atoms with E-state index in [9.17, 15) is 9.00 Å². The first kappa shape index (κ1) is 19.2. The Kier molecular flexibility index (Phi) is 6.02. The Labute approximate surface area is 161 Å². The third-order valence-corrected chi connectivity index (χ3v) is 5.64. The van der Waals surface area contributed by atoms with Crippen LogP contribution in [0.15, 0.2) is 40.2 Å². The number of aromatic nitrogens is 1. The van der Waals surface area contributed by atoms with E-state index in [0.717, 1.165) is 16.0 Å². The molecule has 1 fully saturated rings. The average molecular weight is 385 g/mol. The van der Waals surface area contributed by atoms with E-state index in [4.69, 9.17) is 9.47 Å². The molecule has 142 valence electrons. The minimum absolute atomic E-state index is 0.215. The van der Waals surface area contributed by atoms with E-state index in [-0.39, 0.29) is 11.3 Å². The molecule has 1 aliphatic carbocycles. The van der Waals surface area contributed by atoms with Crippen molar-refractivity contribution in [2.75, 3.05) is 19.5 Å². The van der Waals surface area contributed by atoms with Crippen molar-refractivity contribution in [3.8, 4) is 34.5 Å². The fourth-order valence-electron chi connectivity index (χ4n) is 2.67. The van der Waals surface area contributed by atoms with Crippen LogP contribution in [-0.2, 0) is 17.8 Å². The quantitative estimate of drug-likeness (QED) is 0.718. The first-order valence-electron chi connectivity index (χ1n) is 8.92. The number of rotatable bonds is 6. The molecule has 0 spiro atoms. The number of methoxy groups -OCH3 is 1. The second-order valence-electron chi connectivity index (χ2n) is 6.39. The third-order valence-electron chi connectivity index (χ3n) is 4.34. The number of hydrogen-bond acceptors (Lipinski definition) is 4. The van der Waals surface area contributed by atoms with E-state index in [0.29, 0.717) is 24.0 Å². The zero-order valence-electron chi connectivity index (χ0n) is 15.8. The molecule has 1 aliphatic rings. The Bertz CT molecular complexity index is 980. The summed E-state index contributed by atoms with van der Waals surface area (Å²) in [6.45, 7) is 2.17. The molecule has 5 nitrogen and oxygen atoms in total. The zero-order chi connectivity index (χ0) is 19.4. The molecular formula is C21H23NO4S. The highest BCUT2D eigenvalue weighted by Crippen LogP contribution is 2.33. The highest BCUT2D eigenvalue weighted by Gasteiger charge is 2.18. The van der Waals surface area contributed by atoms with Crippen LogP contribution in [0.5, 0.6) is 11.5 Å². The van der Waals surface area contributed by atoms with Crippen molar-refractivity contribution in [3.05, 3.63) is 40.8 Å². The fraction of sp³-hybridized carbons (Fsp3) is 0.381. The second kappa shape index (κ2) is 8.45. The standard InChI is InChI=1S/C21H23NO4S/c1-4-27(24)17-9-10-19(26-11-5-6-15-7-8-15)18(13-17)16-12-20(25-3)21(23)22(2)14-16/h9-10,12-15H,4,7-8,11H2,1-3H3. The maximum Gasteiger partial charge on any atom is 0.292 e. The van der Waals surface area contributed by atoms with Crippen LogP contribution in [0, 0.1) is 17.8 Å². The SMILES string of the molecule is CCS(=O)c1ccc(OCC#CC2CC2)c(-c2cc(OC)c(=O)n(C)c2)c1. The van der Waals surface area contributed by atoms with Gasteiger partial charge in [-0.1, -0.05) is 18.8 Å². The van der Waals surface area contributed by atoms with Gasteiger partial charge in [0, 0.05) is 40.9 Å². The molecule has 6 heteroatoms. The molecule has 0 N–H and O–H groups in total. The second-order valence-corrected chi connectivity index (χ2v) is 8.13. The van der Waals surface area contributed by atoms with Gasteiger partial charge < -0.3 is 14.0 Å². The summed E-state index contributed by atoms with van der Waals surface area (Å²) in [5.74, 6) is 8.16. The van der Waals surface area contributed by atoms with Gasteiger partial charge in [-0.3, -0.25) is 9.00 Å². The molecule has 0 bridgehead atoms. The maximum atomic E-state index is 12.3. The van der Waals surface area contributed by atoms with Crippen LogP contribution >= 0.6 is 0 Å². The lowest BCUT2D eigenvalue weighted by Crippen LogP contribution is -2.17. The van der Waals surface area contributed by atoms with Crippen LogP contribution in [0.3, 0.4) is 0 Å². The lowest BCUT2D eigenvalue weighted by molar-refractivity contribution is 0.371. The highest BCUT2D eigenvalue weighted by molar-refractivity contribution is 7.85. The molecule has 3 rings (SSSR count). The Morgan fingerprint density at radius 1 is 1.26 bits per heavy atom. The molecule has 1 atom stereocenters. The summed E-state index contributed by atoms with van der Waals surface area (Å²) in [4.78, 5) is 12.8. The zero-order valence-corrected chi connectivity index (χ0v) is 16.6. The van der Waals surface area contributed by atoms with Gasteiger partial charge in [-0.25, -0.2) is 0 Å². The highest BCUT2D eigenvalue weighted by atomic mass is 32.2. The molecular weight excluding hydrogens is 362 g/mol. The van der Waals surface area contributed by atoms with Gasteiger partial charge in [0.15, 0.2) is 5.75 Å². The first-order chi connectivity index (χ1) is 13.0. The van der Waals surface area contributed by atoms with Gasteiger partial charge in [0.1, 0.15) is 12.4 Å². The van der Waals surface area contributed by atoms with Crippen molar-refractivity contribution in [2.45, 2.75) is 24.7 Å². The molecule has 27 heavy (non-hydrogen) atoms. The molecule has 0 aliphatic heterocycles. The van der Waals surface area contributed by atoms with Crippen LogP contribution in [0.4, 0.5) is 0 Å². The third kappa shape index (κ3) is 4.61. The summed E-state index contributed by atoms with van der Waals surface area (Å²) in [6, 6.07) is 7.15. The molecule has 0 radical (unpaired) electrons. The lowest BCUT2D eigenvalue weighted by Gasteiger charge is -2.14. The van der Waals surface area contributed by atoms with Gasteiger partial charge in [-0.2, -0.15) is 0 Å². The summed E-state index contributed by atoms with van der Waals surface area (Å²) in [5.41, 5.74) is 1.30. The largest absolute Gasteiger partial charge is 0.491 e. The molecule has 2 aromatic rings. The van der Waals surface area contributed by atoms with E-state index in [1.165, 1.54) is 24.5 Å². The number of hydrogen-bond donors (Lipinski definition) is 0. The lowest BCUT2D eigenvalue weighted by atomic mass is 10.1. The minimum Gasteiger partial charge on any atom is -0.491 e. The molecule has 1 saturated carbocycles. The number of aryl methyl sites for hydroxylation is 1. The Morgan fingerprint density at radius 2 is 2.04 bits per heavy atom. The van der Waals surface area contributed by atoms with E-state index in [2.05, 4.69) is 11.8 Å². The topological polar surface area (TPSA) is 57.5 Å². The van der Waals surface area contributed by atoms with Crippen LogP contribution in [0.1, 0.15) is 19.8 Å². The van der Waals surface area contributed by atoms with Gasteiger partial charge >= 0.3 is 0 Å².